The van der Waals surface area contributed by atoms with Gasteiger partial charge in [0.1, 0.15) is 0 Å². The number of nitrogens with zero attached hydrogens (tertiary/aromatic N) is 1. The van der Waals surface area contributed by atoms with Crippen molar-refractivity contribution in [1.82, 2.24) is 4.90 Å². The molecule has 1 rings (SSSR count). The van der Waals surface area contributed by atoms with Gasteiger partial charge in [-0.3, -0.25) is 4.79 Å². The van der Waals surface area contributed by atoms with Gasteiger partial charge in [0.15, 0.2) is 0 Å². The van der Waals surface area contributed by atoms with Crippen LogP contribution in [0.2, 0.25) is 0 Å². The van der Waals surface area contributed by atoms with Crippen molar-refractivity contribution in [2.24, 2.45) is 5.92 Å². The van der Waals surface area contributed by atoms with Gasteiger partial charge in [-0.05, 0) is 39.0 Å². The molecule has 0 radical (unpaired) electrons. The third-order valence-corrected chi connectivity index (χ3v) is 3.93. The molecule has 100 valence electrons. The summed E-state index contributed by atoms with van der Waals surface area (Å²) in [7, 11) is 0. The van der Waals surface area contributed by atoms with Gasteiger partial charge in [-0.25, -0.2) is 0 Å². The molecule has 1 aliphatic rings. The molecular formula is C14H26ClNO. The van der Waals surface area contributed by atoms with Crippen LogP contribution < -0.4 is 0 Å². The molecule has 1 aliphatic carbocycles. The fraction of sp³-hybridized carbons (Fsp3) is 0.929. The van der Waals surface area contributed by atoms with Crippen molar-refractivity contribution < 1.29 is 4.79 Å². The van der Waals surface area contributed by atoms with Crippen molar-refractivity contribution in [2.45, 2.75) is 64.8 Å². The van der Waals surface area contributed by atoms with Crippen LogP contribution in [0.25, 0.3) is 0 Å². The monoisotopic (exact) mass is 259 g/mol. The predicted octanol–water partition coefficient (Wildman–Crippen LogP) is 3.82. The summed E-state index contributed by atoms with van der Waals surface area (Å²) in [5.41, 5.74) is 0. The molecule has 0 aliphatic heterocycles. The van der Waals surface area contributed by atoms with Crippen LogP contribution in [0.5, 0.6) is 0 Å². The summed E-state index contributed by atoms with van der Waals surface area (Å²) in [6, 6.07) is 0.300. The predicted molar refractivity (Wildman–Crippen MR) is 73.4 cm³/mol. The second-order valence-corrected chi connectivity index (χ2v) is 5.81. The topological polar surface area (TPSA) is 20.3 Å². The minimum Gasteiger partial charge on any atom is -0.340 e. The zero-order chi connectivity index (χ0) is 12.7. The maximum atomic E-state index is 12.2. The van der Waals surface area contributed by atoms with Crippen LogP contribution in [0.1, 0.15) is 58.8 Å². The van der Waals surface area contributed by atoms with E-state index in [4.69, 9.17) is 11.6 Å². The summed E-state index contributed by atoms with van der Waals surface area (Å²) in [4.78, 5) is 14.2. The van der Waals surface area contributed by atoms with Gasteiger partial charge < -0.3 is 4.90 Å². The first-order chi connectivity index (χ1) is 8.15. The van der Waals surface area contributed by atoms with E-state index in [1.165, 1.54) is 32.1 Å². The van der Waals surface area contributed by atoms with Gasteiger partial charge in [-0.1, -0.05) is 19.3 Å². The van der Waals surface area contributed by atoms with Crippen LogP contribution in [0.4, 0.5) is 0 Å². The molecule has 0 atom stereocenters. The Morgan fingerprint density at radius 2 is 1.94 bits per heavy atom. The van der Waals surface area contributed by atoms with E-state index in [1.54, 1.807) is 0 Å². The third kappa shape index (κ3) is 5.29. The number of hydrogen-bond donors (Lipinski definition) is 0. The zero-order valence-corrected chi connectivity index (χ0v) is 12.0. The second-order valence-electron chi connectivity index (χ2n) is 5.43. The first kappa shape index (κ1) is 14.8. The minimum absolute atomic E-state index is 0.300. The second kappa shape index (κ2) is 7.97. The van der Waals surface area contributed by atoms with Gasteiger partial charge in [0.2, 0.25) is 5.91 Å². The van der Waals surface area contributed by atoms with Crippen molar-refractivity contribution in [3.63, 3.8) is 0 Å². The van der Waals surface area contributed by atoms with E-state index in [0.717, 1.165) is 19.4 Å². The number of alkyl halides is 1. The van der Waals surface area contributed by atoms with Crippen LogP contribution in [0.3, 0.4) is 0 Å². The Kier molecular flexibility index (Phi) is 6.94. The average Bonchev–Trinajstić information content (AvgIpc) is 2.30. The van der Waals surface area contributed by atoms with E-state index in [-0.39, 0.29) is 0 Å². The summed E-state index contributed by atoms with van der Waals surface area (Å²) >= 11 is 5.71. The molecule has 1 saturated carbocycles. The molecule has 0 heterocycles. The number of carbonyl (C=O) groups excluding carboxylic acids is 1. The highest BCUT2D eigenvalue weighted by molar-refractivity contribution is 6.17. The highest BCUT2D eigenvalue weighted by Gasteiger charge is 2.22. The third-order valence-electron chi connectivity index (χ3n) is 3.66. The molecule has 0 N–H and O–H groups in total. The Hall–Kier alpha value is -0.240. The van der Waals surface area contributed by atoms with Crippen LogP contribution >= 0.6 is 11.6 Å². The molecule has 0 spiro atoms. The number of halogens is 1. The molecule has 3 heteroatoms. The van der Waals surface area contributed by atoms with Crippen LogP contribution in [0, 0.1) is 5.92 Å². The van der Waals surface area contributed by atoms with Crippen molar-refractivity contribution in [2.75, 3.05) is 12.4 Å². The Bertz CT molecular complexity index is 224. The molecule has 1 amide bonds. The van der Waals surface area contributed by atoms with E-state index < -0.39 is 0 Å². The smallest absolute Gasteiger partial charge is 0.223 e. The van der Waals surface area contributed by atoms with E-state index >= 15 is 0 Å². The molecule has 0 saturated heterocycles. The summed E-state index contributed by atoms with van der Waals surface area (Å²) in [5.74, 6) is 1.60. The van der Waals surface area contributed by atoms with Gasteiger partial charge in [-0.2, -0.15) is 0 Å². The molecule has 0 bridgehead atoms. The Labute approximate surface area is 111 Å². The molecule has 1 fully saturated rings. The number of carbonyl (C=O) groups is 1. The number of rotatable bonds is 6. The number of hydrogen-bond acceptors (Lipinski definition) is 1. The standard InChI is InChI=1S/C14H26ClNO/c1-12(2)16(10-6-9-15)14(17)11-13-7-4-3-5-8-13/h12-13H,3-11H2,1-2H3. The maximum absolute atomic E-state index is 12.2. The van der Waals surface area contributed by atoms with E-state index in [0.29, 0.717) is 23.7 Å². The largest absolute Gasteiger partial charge is 0.340 e. The lowest BCUT2D eigenvalue weighted by molar-refractivity contribution is -0.134. The fourth-order valence-electron chi connectivity index (χ4n) is 2.66. The lowest BCUT2D eigenvalue weighted by atomic mass is 9.86. The van der Waals surface area contributed by atoms with E-state index in [2.05, 4.69) is 13.8 Å². The van der Waals surface area contributed by atoms with Gasteiger partial charge in [0.25, 0.3) is 0 Å². The maximum Gasteiger partial charge on any atom is 0.223 e. The molecule has 0 unspecified atom stereocenters. The van der Waals surface area contributed by atoms with Crippen LogP contribution in [0.15, 0.2) is 0 Å². The summed E-state index contributed by atoms with van der Waals surface area (Å²) < 4.78 is 0. The average molecular weight is 260 g/mol. The zero-order valence-electron chi connectivity index (χ0n) is 11.3. The molecule has 0 aromatic heterocycles. The summed E-state index contributed by atoms with van der Waals surface area (Å²) in [5, 5.41) is 0. The van der Waals surface area contributed by atoms with Crippen molar-refractivity contribution >= 4 is 17.5 Å². The fourth-order valence-corrected chi connectivity index (χ4v) is 2.78. The van der Waals surface area contributed by atoms with Gasteiger partial charge in [-0.15, -0.1) is 11.6 Å². The van der Waals surface area contributed by atoms with Gasteiger partial charge >= 0.3 is 0 Å². The molecule has 17 heavy (non-hydrogen) atoms. The summed E-state index contributed by atoms with van der Waals surface area (Å²) in [6.07, 6.45) is 8.10. The SMILES string of the molecule is CC(C)N(CCCCl)C(=O)CC1CCCCC1. The van der Waals surface area contributed by atoms with E-state index in [1.807, 2.05) is 4.90 Å². The molecule has 2 nitrogen and oxygen atoms in total. The molecular weight excluding hydrogens is 234 g/mol. The Morgan fingerprint density at radius 1 is 1.29 bits per heavy atom. The van der Waals surface area contributed by atoms with Crippen molar-refractivity contribution in [1.29, 1.82) is 0 Å². The summed E-state index contributed by atoms with van der Waals surface area (Å²) in [6.45, 7) is 4.99. The first-order valence-electron chi connectivity index (χ1n) is 7.00. The normalized spacial score (nSPS) is 17.4. The van der Waals surface area contributed by atoms with E-state index in [9.17, 15) is 4.79 Å². The first-order valence-corrected chi connectivity index (χ1v) is 7.54. The van der Waals surface area contributed by atoms with Gasteiger partial charge in [0, 0.05) is 24.9 Å². The highest BCUT2D eigenvalue weighted by Crippen LogP contribution is 2.27. The number of amides is 1. The van der Waals surface area contributed by atoms with Crippen molar-refractivity contribution in [3.8, 4) is 0 Å². The van der Waals surface area contributed by atoms with Crippen LogP contribution in [-0.2, 0) is 4.79 Å². The lowest BCUT2D eigenvalue weighted by Crippen LogP contribution is -2.38. The molecule has 0 aromatic carbocycles. The Balaban J connectivity index is 2.40. The minimum atomic E-state index is 0.300. The quantitative estimate of drug-likeness (QED) is 0.664. The molecule has 0 aromatic rings. The van der Waals surface area contributed by atoms with Crippen LogP contribution in [-0.4, -0.2) is 29.3 Å². The van der Waals surface area contributed by atoms with Crippen molar-refractivity contribution in [3.05, 3.63) is 0 Å². The lowest BCUT2D eigenvalue weighted by Gasteiger charge is -2.29. The highest BCUT2D eigenvalue weighted by atomic mass is 35.5. The Morgan fingerprint density at radius 3 is 2.47 bits per heavy atom. The van der Waals surface area contributed by atoms with Gasteiger partial charge in [0.05, 0.1) is 0 Å².